The highest BCUT2D eigenvalue weighted by Crippen LogP contribution is 2.11. The molecule has 1 aromatic rings. The Hall–Kier alpha value is -1.20. The molecular formula is C8H9NO3S. The summed E-state index contributed by atoms with van der Waals surface area (Å²) in [5, 5.41) is 19.2. The van der Waals surface area contributed by atoms with Crippen molar-refractivity contribution in [3.63, 3.8) is 0 Å². The zero-order chi connectivity index (χ0) is 9.68. The van der Waals surface area contributed by atoms with Gasteiger partial charge in [-0.2, -0.15) is 0 Å². The van der Waals surface area contributed by atoms with Crippen molar-refractivity contribution in [2.75, 3.05) is 6.61 Å². The van der Waals surface area contributed by atoms with Crippen LogP contribution in [-0.2, 0) is 0 Å². The van der Waals surface area contributed by atoms with Gasteiger partial charge in [0.2, 0.25) is 0 Å². The molecule has 0 amide bonds. The van der Waals surface area contributed by atoms with E-state index in [1.54, 1.807) is 12.2 Å². The van der Waals surface area contributed by atoms with E-state index in [2.05, 4.69) is 4.98 Å². The molecule has 5 heteroatoms. The molecule has 2 N–H and O–H groups in total. The van der Waals surface area contributed by atoms with Crippen LogP contribution in [0.5, 0.6) is 0 Å². The van der Waals surface area contributed by atoms with Crippen molar-refractivity contribution in [2.45, 2.75) is 6.42 Å². The van der Waals surface area contributed by atoms with Gasteiger partial charge in [-0.3, -0.25) is 0 Å². The smallest absolute Gasteiger partial charge is 0.355 e. The van der Waals surface area contributed by atoms with Gasteiger partial charge >= 0.3 is 5.97 Å². The average Bonchev–Trinajstić information content (AvgIpc) is 2.53. The Kier molecular flexibility index (Phi) is 3.60. The summed E-state index contributed by atoms with van der Waals surface area (Å²) in [4.78, 5) is 14.3. The van der Waals surface area contributed by atoms with Gasteiger partial charge < -0.3 is 10.2 Å². The molecule has 0 saturated heterocycles. The van der Waals surface area contributed by atoms with Crippen molar-refractivity contribution < 1.29 is 15.0 Å². The van der Waals surface area contributed by atoms with Crippen LogP contribution in [0.2, 0.25) is 0 Å². The quantitative estimate of drug-likeness (QED) is 0.765. The number of carboxylic acid groups (broad SMARTS) is 1. The summed E-state index contributed by atoms with van der Waals surface area (Å²) in [5.41, 5.74) is 0.0636. The van der Waals surface area contributed by atoms with Crippen LogP contribution in [0, 0.1) is 0 Å². The second-order valence-electron chi connectivity index (χ2n) is 2.29. The first kappa shape index (κ1) is 9.88. The summed E-state index contributed by atoms with van der Waals surface area (Å²) in [5.74, 6) is -1.02. The highest BCUT2D eigenvalue weighted by atomic mass is 32.1. The van der Waals surface area contributed by atoms with Crippen molar-refractivity contribution in [3.05, 3.63) is 22.2 Å². The second-order valence-corrected chi connectivity index (χ2v) is 3.18. The summed E-state index contributed by atoms with van der Waals surface area (Å²) in [6, 6.07) is 0. The minimum absolute atomic E-state index is 0.0636. The van der Waals surface area contributed by atoms with Crippen LogP contribution >= 0.6 is 11.3 Å². The monoisotopic (exact) mass is 199 g/mol. The standard InChI is InChI=1S/C8H9NO3S/c10-4-2-1-3-7-9-6(5-13-7)8(11)12/h1,3,5,10H,2,4H2,(H,11,12). The topological polar surface area (TPSA) is 70.4 Å². The number of hydrogen-bond acceptors (Lipinski definition) is 4. The van der Waals surface area contributed by atoms with Crippen molar-refractivity contribution in [3.8, 4) is 0 Å². The number of hydrogen-bond donors (Lipinski definition) is 2. The van der Waals surface area contributed by atoms with E-state index in [0.29, 0.717) is 11.4 Å². The second kappa shape index (κ2) is 4.74. The largest absolute Gasteiger partial charge is 0.476 e. The number of rotatable bonds is 4. The summed E-state index contributed by atoms with van der Waals surface area (Å²) >= 11 is 1.27. The third kappa shape index (κ3) is 2.96. The van der Waals surface area contributed by atoms with Gasteiger partial charge in [-0.15, -0.1) is 11.3 Å². The Labute approximate surface area is 79.2 Å². The molecule has 1 aromatic heterocycles. The lowest BCUT2D eigenvalue weighted by Crippen LogP contribution is -1.95. The predicted octanol–water partition coefficient (Wildman–Crippen LogP) is 1.24. The van der Waals surface area contributed by atoms with Crippen molar-refractivity contribution in [2.24, 2.45) is 0 Å². The molecule has 1 heterocycles. The molecule has 0 aromatic carbocycles. The predicted molar refractivity (Wildman–Crippen MR) is 49.8 cm³/mol. The Morgan fingerprint density at radius 3 is 3.00 bits per heavy atom. The Morgan fingerprint density at radius 1 is 1.69 bits per heavy atom. The molecule has 0 atom stereocenters. The number of aliphatic hydroxyl groups excluding tert-OH is 1. The van der Waals surface area contributed by atoms with Crippen LogP contribution in [-0.4, -0.2) is 27.8 Å². The number of carbonyl (C=O) groups is 1. The Morgan fingerprint density at radius 2 is 2.46 bits per heavy atom. The fourth-order valence-electron chi connectivity index (χ4n) is 0.721. The van der Waals surface area contributed by atoms with E-state index in [0.717, 1.165) is 0 Å². The molecule has 1 rings (SSSR count). The molecule has 0 bridgehead atoms. The minimum Gasteiger partial charge on any atom is -0.476 e. The third-order valence-electron chi connectivity index (χ3n) is 1.30. The molecule has 4 nitrogen and oxygen atoms in total. The van der Waals surface area contributed by atoms with E-state index in [-0.39, 0.29) is 12.3 Å². The number of aliphatic hydroxyl groups is 1. The molecule has 0 saturated carbocycles. The third-order valence-corrected chi connectivity index (χ3v) is 2.11. The SMILES string of the molecule is O=C(O)c1csc(C=CCCO)n1. The maximum absolute atomic E-state index is 10.4. The van der Waals surface area contributed by atoms with Gasteiger partial charge in [-0.1, -0.05) is 6.08 Å². The maximum Gasteiger partial charge on any atom is 0.355 e. The van der Waals surface area contributed by atoms with E-state index in [4.69, 9.17) is 10.2 Å². The molecule has 0 unspecified atom stereocenters. The van der Waals surface area contributed by atoms with Gasteiger partial charge in [0.1, 0.15) is 5.01 Å². The zero-order valence-electron chi connectivity index (χ0n) is 6.80. The summed E-state index contributed by atoms with van der Waals surface area (Å²) in [7, 11) is 0. The molecule has 70 valence electrons. The first-order valence-corrected chi connectivity index (χ1v) is 4.58. The van der Waals surface area contributed by atoms with Crippen molar-refractivity contribution >= 4 is 23.4 Å². The van der Waals surface area contributed by atoms with Gasteiger partial charge in [0.15, 0.2) is 5.69 Å². The van der Waals surface area contributed by atoms with Crippen LogP contribution in [0.1, 0.15) is 21.9 Å². The summed E-state index contributed by atoms with van der Waals surface area (Å²) in [6.07, 6.45) is 4.01. The van der Waals surface area contributed by atoms with Crippen LogP contribution in [0.25, 0.3) is 6.08 Å². The number of thiazole rings is 1. The van der Waals surface area contributed by atoms with Crippen molar-refractivity contribution in [1.29, 1.82) is 0 Å². The van der Waals surface area contributed by atoms with Gasteiger partial charge in [0.25, 0.3) is 0 Å². The lowest BCUT2D eigenvalue weighted by molar-refractivity contribution is 0.0691. The van der Waals surface area contributed by atoms with E-state index in [1.807, 2.05) is 0 Å². The molecule has 0 aliphatic rings. The van der Waals surface area contributed by atoms with Crippen LogP contribution in [0.4, 0.5) is 0 Å². The molecule has 0 fully saturated rings. The van der Waals surface area contributed by atoms with Crippen molar-refractivity contribution in [1.82, 2.24) is 4.98 Å². The number of aromatic carboxylic acids is 1. The first-order chi connectivity index (χ1) is 6.24. The fraction of sp³-hybridized carbons (Fsp3) is 0.250. The lowest BCUT2D eigenvalue weighted by Gasteiger charge is -1.83. The van der Waals surface area contributed by atoms with E-state index >= 15 is 0 Å². The van der Waals surface area contributed by atoms with Gasteiger partial charge in [0, 0.05) is 12.0 Å². The minimum atomic E-state index is -1.02. The summed E-state index contributed by atoms with van der Waals surface area (Å²) in [6.45, 7) is 0.0909. The number of nitrogens with zero attached hydrogens (tertiary/aromatic N) is 1. The maximum atomic E-state index is 10.4. The average molecular weight is 199 g/mol. The Balaban J connectivity index is 2.64. The summed E-state index contributed by atoms with van der Waals surface area (Å²) < 4.78 is 0. The van der Waals surface area contributed by atoms with Gasteiger partial charge in [-0.25, -0.2) is 9.78 Å². The first-order valence-electron chi connectivity index (χ1n) is 3.70. The highest BCUT2D eigenvalue weighted by Gasteiger charge is 2.05. The van der Waals surface area contributed by atoms with Crippen LogP contribution in [0.15, 0.2) is 11.5 Å². The molecule has 13 heavy (non-hydrogen) atoms. The molecular weight excluding hydrogens is 190 g/mol. The van der Waals surface area contributed by atoms with Crippen LogP contribution in [0.3, 0.4) is 0 Å². The number of carboxylic acids is 1. The van der Waals surface area contributed by atoms with Crippen LogP contribution < -0.4 is 0 Å². The van der Waals surface area contributed by atoms with E-state index in [9.17, 15) is 4.79 Å². The van der Waals surface area contributed by atoms with E-state index in [1.165, 1.54) is 16.7 Å². The lowest BCUT2D eigenvalue weighted by atomic mass is 10.4. The molecule has 0 aliphatic carbocycles. The fourth-order valence-corrected chi connectivity index (χ4v) is 1.43. The van der Waals surface area contributed by atoms with Gasteiger partial charge in [-0.05, 0) is 12.5 Å². The number of aromatic nitrogens is 1. The zero-order valence-corrected chi connectivity index (χ0v) is 7.62. The normalized spacial score (nSPS) is 10.8. The Bertz CT molecular complexity index is 319. The molecule has 0 spiro atoms. The highest BCUT2D eigenvalue weighted by molar-refractivity contribution is 7.10. The van der Waals surface area contributed by atoms with Gasteiger partial charge in [0.05, 0.1) is 0 Å². The van der Waals surface area contributed by atoms with E-state index < -0.39 is 5.97 Å². The molecule has 0 aliphatic heterocycles. The molecule has 0 radical (unpaired) electrons.